The van der Waals surface area contributed by atoms with Crippen LogP contribution in [0.2, 0.25) is 0 Å². The Labute approximate surface area is 92.2 Å². The van der Waals surface area contributed by atoms with Crippen LogP contribution in [0.1, 0.15) is 16.2 Å². The van der Waals surface area contributed by atoms with E-state index in [1.165, 1.54) is 6.07 Å². The zero-order valence-corrected chi connectivity index (χ0v) is 8.71. The number of carbonyl (C=O) groups is 1. The van der Waals surface area contributed by atoms with Gasteiger partial charge in [0.15, 0.2) is 0 Å². The van der Waals surface area contributed by atoms with E-state index in [0.717, 1.165) is 0 Å². The molecular weight excluding hydrogens is 206 g/mol. The Morgan fingerprint density at radius 1 is 1.50 bits per heavy atom. The highest BCUT2D eigenvalue weighted by atomic mass is 16.4. The monoisotopic (exact) mass is 217 g/mol. The lowest BCUT2D eigenvalue weighted by Gasteiger charge is -2.11. The first-order valence-electron chi connectivity index (χ1n) is 4.73. The number of nitrogen functional groups attached to an aromatic ring is 1. The zero-order valence-electron chi connectivity index (χ0n) is 8.71. The summed E-state index contributed by atoms with van der Waals surface area (Å²) in [5.41, 5.74) is 6.86. The van der Waals surface area contributed by atoms with E-state index in [0.29, 0.717) is 17.2 Å². The number of nitrogens with two attached hydrogens (primary N) is 1. The van der Waals surface area contributed by atoms with Gasteiger partial charge in [0.05, 0.1) is 16.9 Å². The lowest BCUT2D eigenvalue weighted by Crippen LogP contribution is -2.09. The molecule has 0 fully saturated rings. The quantitative estimate of drug-likeness (QED) is 0.746. The highest BCUT2D eigenvalue weighted by molar-refractivity contribution is 5.94. The predicted molar refractivity (Wildman–Crippen MR) is 59.7 cm³/mol. The minimum absolute atomic E-state index is 0.168. The van der Waals surface area contributed by atoms with Gasteiger partial charge in [0.2, 0.25) is 0 Å². The van der Waals surface area contributed by atoms with Crippen LogP contribution >= 0.6 is 0 Å². The number of carboxylic acid groups (broad SMARTS) is 1. The second-order valence-electron chi connectivity index (χ2n) is 3.39. The largest absolute Gasteiger partial charge is 0.478 e. The van der Waals surface area contributed by atoms with Crippen molar-refractivity contribution in [2.24, 2.45) is 0 Å². The van der Waals surface area contributed by atoms with Crippen molar-refractivity contribution in [3.63, 3.8) is 0 Å². The molecular formula is C11H11N3O2. The molecule has 0 amide bonds. The van der Waals surface area contributed by atoms with Gasteiger partial charge in [-0.2, -0.15) is 0 Å². The molecule has 1 heterocycles. The fraction of sp³-hybridized carbons (Fsp3) is 0.0909. The van der Waals surface area contributed by atoms with Gasteiger partial charge in [-0.15, -0.1) is 0 Å². The third-order valence-electron chi connectivity index (χ3n) is 2.36. The Morgan fingerprint density at radius 3 is 2.81 bits per heavy atom. The number of aromatic carboxylic acids is 1. The molecule has 1 aromatic carbocycles. The first-order valence-corrected chi connectivity index (χ1v) is 4.73. The smallest absolute Gasteiger partial charge is 0.337 e. The number of benzene rings is 1. The highest BCUT2D eigenvalue weighted by Gasteiger charge is 2.15. The van der Waals surface area contributed by atoms with E-state index in [2.05, 4.69) is 4.98 Å². The van der Waals surface area contributed by atoms with Crippen molar-refractivity contribution in [1.82, 2.24) is 9.55 Å². The summed E-state index contributed by atoms with van der Waals surface area (Å²) in [4.78, 5) is 15.1. The Bertz CT molecular complexity index is 546. The number of hydrogen-bond acceptors (Lipinski definition) is 3. The van der Waals surface area contributed by atoms with E-state index >= 15 is 0 Å². The Balaban J connectivity index is 2.73. The van der Waals surface area contributed by atoms with E-state index in [1.807, 2.05) is 0 Å². The van der Waals surface area contributed by atoms with Crippen molar-refractivity contribution in [3.8, 4) is 5.69 Å². The topological polar surface area (TPSA) is 81.1 Å². The summed E-state index contributed by atoms with van der Waals surface area (Å²) in [6.07, 6.45) is 3.29. The summed E-state index contributed by atoms with van der Waals surface area (Å²) >= 11 is 0. The number of hydrogen-bond donors (Lipinski definition) is 2. The Kier molecular flexibility index (Phi) is 2.36. The lowest BCUT2D eigenvalue weighted by molar-refractivity contribution is 0.0697. The molecule has 0 aliphatic rings. The molecule has 0 bridgehead atoms. The van der Waals surface area contributed by atoms with Gasteiger partial charge in [0.1, 0.15) is 5.82 Å². The van der Waals surface area contributed by atoms with E-state index in [-0.39, 0.29) is 5.56 Å². The van der Waals surface area contributed by atoms with Crippen molar-refractivity contribution in [2.45, 2.75) is 6.92 Å². The van der Waals surface area contributed by atoms with Crippen LogP contribution in [0.25, 0.3) is 5.69 Å². The molecule has 0 aliphatic heterocycles. The van der Waals surface area contributed by atoms with E-state index < -0.39 is 5.97 Å². The van der Waals surface area contributed by atoms with Gasteiger partial charge < -0.3 is 15.4 Å². The average Bonchev–Trinajstić information content (AvgIpc) is 2.64. The number of imidazole rings is 1. The standard InChI is InChI=1S/C11H11N3O2/c1-7-13-5-6-14(7)10-8(11(15)16)3-2-4-9(10)12/h2-6H,12H2,1H3,(H,15,16). The number of aromatic nitrogens is 2. The molecule has 0 aliphatic carbocycles. The van der Waals surface area contributed by atoms with Gasteiger partial charge >= 0.3 is 5.97 Å². The molecule has 5 heteroatoms. The molecule has 0 radical (unpaired) electrons. The summed E-state index contributed by atoms with van der Waals surface area (Å²) in [7, 11) is 0. The molecule has 0 saturated carbocycles. The number of aryl methyl sites for hydroxylation is 1. The summed E-state index contributed by atoms with van der Waals surface area (Å²) in [5.74, 6) is -0.309. The SMILES string of the molecule is Cc1nccn1-c1c(N)cccc1C(=O)O. The van der Waals surface area contributed by atoms with Crippen LogP contribution in [0.15, 0.2) is 30.6 Å². The van der Waals surface area contributed by atoms with E-state index in [4.69, 9.17) is 10.8 Å². The summed E-state index contributed by atoms with van der Waals surface area (Å²) in [5, 5.41) is 9.09. The molecule has 16 heavy (non-hydrogen) atoms. The van der Waals surface area contributed by atoms with Crippen LogP contribution in [0, 0.1) is 6.92 Å². The zero-order chi connectivity index (χ0) is 11.7. The summed E-state index contributed by atoms with van der Waals surface area (Å²) in [6, 6.07) is 4.81. The van der Waals surface area contributed by atoms with Crippen LogP contribution in [0.5, 0.6) is 0 Å². The second-order valence-corrected chi connectivity index (χ2v) is 3.39. The molecule has 1 aromatic heterocycles. The van der Waals surface area contributed by atoms with Crippen LogP contribution < -0.4 is 5.73 Å². The van der Waals surface area contributed by atoms with Gasteiger partial charge in [0.25, 0.3) is 0 Å². The van der Waals surface area contributed by atoms with Crippen molar-refractivity contribution in [2.75, 3.05) is 5.73 Å². The van der Waals surface area contributed by atoms with Crippen LogP contribution in [-0.4, -0.2) is 20.6 Å². The molecule has 3 N–H and O–H groups in total. The van der Waals surface area contributed by atoms with Crippen LogP contribution in [-0.2, 0) is 0 Å². The molecule has 2 aromatic rings. The van der Waals surface area contributed by atoms with Crippen LogP contribution in [0.3, 0.4) is 0 Å². The van der Waals surface area contributed by atoms with Crippen molar-refractivity contribution in [3.05, 3.63) is 42.0 Å². The Morgan fingerprint density at radius 2 is 2.25 bits per heavy atom. The lowest BCUT2D eigenvalue weighted by atomic mass is 10.1. The fourth-order valence-corrected chi connectivity index (χ4v) is 1.62. The maximum atomic E-state index is 11.1. The maximum absolute atomic E-state index is 11.1. The number of carboxylic acids is 1. The fourth-order valence-electron chi connectivity index (χ4n) is 1.62. The van der Waals surface area contributed by atoms with E-state index in [1.54, 1.807) is 36.0 Å². The average molecular weight is 217 g/mol. The first-order chi connectivity index (χ1) is 7.61. The van der Waals surface area contributed by atoms with Crippen molar-refractivity contribution in [1.29, 1.82) is 0 Å². The van der Waals surface area contributed by atoms with Crippen molar-refractivity contribution < 1.29 is 9.90 Å². The minimum atomic E-state index is -1.00. The van der Waals surface area contributed by atoms with Gasteiger partial charge in [0, 0.05) is 12.4 Å². The van der Waals surface area contributed by atoms with Gasteiger partial charge in [-0.1, -0.05) is 6.07 Å². The normalized spacial score (nSPS) is 10.3. The molecule has 82 valence electrons. The number of nitrogens with zero attached hydrogens (tertiary/aromatic N) is 2. The van der Waals surface area contributed by atoms with Gasteiger partial charge in [-0.25, -0.2) is 9.78 Å². The number of rotatable bonds is 2. The molecule has 5 nitrogen and oxygen atoms in total. The maximum Gasteiger partial charge on any atom is 0.337 e. The van der Waals surface area contributed by atoms with Crippen molar-refractivity contribution >= 4 is 11.7 Å². The third kappa shape index (κ3) is 1.52. The molecule has 0 atom stereocenters. The third-order valence-corrected chi connectivity index (χ3v) is 2.36. The molecule has 2 rings (SSSR count). The summed E-state index contributed by atoms with van der Waals surface area (Å²) in [6.45, 7) is 1.79. The summed E-state index contributed by atoms with van der Waals surface area (Å²) < 4.78 is 1.67. The van der Waals surface area contributed by atoms with E-state index in [9.17, 15) is 4.79 Å². The minimum Gasteiger partial charge on any atom is -0.478 e. The predicted octanol–water partition coefficient (Wildman–Crippen LogP) is 1.46. The highest BCUT2D eigenvalue weighted by Crippen LogP contribution is 2.23. The molecule has 0 unspecified atom stereocenters. The second kappa shape index (κ2) is 3.69. The Hall–Kier alpha value is -2.30. The van der Waals surface area contributed by atoms with Gasteiger partial charge in [-0.05, 0) is 19.1 Å². The molecule has 0 saturated heterocycles. The first kappa shape index (κ1) is 10.2. The van der Waals surface area contributed by atoms with Gasteiger partial charge in [-0.3, -0.25) is 0 Å². The number of para-hydroxylation sites is 1. The number of anilines is 1. The van der Waals surface area contributed by atoms with Crippen LogP contribution in [0.4, 0.5) is 5.69 Å². The molecule has 0 spiro atoms.